The molecule has 2 aliphatic carbocycles. The summed E-state index contributed by atoms with van der Waals surface area (Å²) in [6, 6.07) is 1.87. The van der Waals surface area contributed by atoms with Gasteiger partial charge in [-0.2, -0.15) is 0 Å². The highest BCUT2D eigenvalue weighted by molar-refractivity contribution is 6.39. The van der Waals surface area contributed by atoms with Crippen LogP contribution < -0.4 is 10.6 Å². The molecule has 1 aromatic heterocycles. The van der Waals surface area contributed by atoms with E-state index in [2.05, 4.69) is 36.4 Å². The average Bonchev–Trinajstić information content (AvgIpc) is 2.82. The van der Waals surface area contributed by atoms with Crippen LogP contribution in [0.15, 0.2) is 18.5 Å². The number of aromatic nitrogens is 1. The highest BCUT2D eigenvalue weighted by atomic mass is 16.2. The van der Waals surface area contributed by atoms with Gasteiger partial charge in [0.05, 0.1) is 11.9 Å². The van der Waals surface area contributed by atoms with Crippen LogP contribution in [-0.2, 0) is 9.59 Å². The van der Waals surface area contributed by atoms with Gasteiger partial charge < -0.3 is 10.6 Å². The van der Waals surface area contributed by atoms with Gasteiger partial charge in [-0.25, -0.2) is 0 Å². The van der Waals surface area contributed by atoms with Crippen LogP contribution in [0.1, 0.15) is 45.6 Å². The molecule has 5 heteroatoms. The van der Waals surface area contributed by atoms with Gasteiger partial charge in [0.1, 0.15) is 0 Å². The fourth-order valence-corrected chi connectivity index (χ4v) is 4.42. The summed E-state index contributed by atoms with van der Waals surface area (Å²) in [4.78, 5) is 28.5. The van der Waals surface area contributed by atoms with Gasteiger partial charge in [0.15, 0.2) is 0 Å². The molecule has 2 aliphatic rings. The van der Waals surface area contributed by atoms with Crippen LogP contribution in [0.5, 0.6) is 0 Å². The lowest BCUT2D eigenvalue weighted by molar-refractivity contribution is -0.137. The summed E-state index contributed by atoms with van der Waals surface area (Å²) in [5.74, 6) is -0.547. The summed E-state index contributed by atoms with van der Waals surface area (Å²) in [5, 5.41) is 5.62. The van der Waals surface area contributed by atoms with Crippen molar-refractivity contribution in [3.8, 4) is 0 Å². The van der Waals surface area contributed by atoms with E-state index in [0.29, 0.717) is 11.6 Å². The first-order chi connectivity index (χ1) is 10.8. The minimum absolute atomic E-state index is 0.0673. The van der Waals surface area contributed by atoms with Crippen LogP contribution in [0.3, 0.4) is 0 Å². The van der Waals surface area contributed by atoms with Crippen LogP contribution in [0.4, 0.5) is 5.69 Å². The summed E-state index contributed by atoms with van der Waals surface area (Å²) in [6.45, 7) is 8.69. The Labute approximate surface area is 137 Å². The largest absolute Gasteiger partial charge is 0.345 e. The molecule has 0 radical (unpaired) electrons. The Morgan fingerprint density at radius 1 is 1.26 bits per heavy atom. The second-order valence-electron chi connectivity index (χ2n) is 7.78. The number of rotatable bonds is 2. The molecule has 5 nitrogen and oxygen atoms in total. The van der Waals surface area contributed by atoms with Gasteiger partial charge in [0.2, 0.25) is 0 Å². The van der Waals surface area contributed by atoms with Crippen LogP contribution in [0.25, 0.3) is 0 Å². The Hall–Kier alpha value is -1.91. The Bertz CT molecular complexity index is 655. The van der Waals surface area contributed by atoms with E-state index in [0.717, 1.165) is 18.4 Å². The standard InChI is InChI=1S/C18H25N3O2/c1-11-6-8-19-10-13(11)20-15(22)16(23)21-14-9-12-5-7-18(14,4)17(12,2)3/h6,8,10,12,14H,5,7,9H2,1-4H3,(H,20,22)(H,21,23)/t12-,14+,18-/m1/s1. The quantitative estimate of drug-likeness (QED) is 0.824. The molecule has 3 rings (SSSR count). The number of fused-ring (bicyclic) bond motifs is 2. The molecule has 0 aromatic carbocycles. The Morgan fingerprint density at radius 2 is 2.00 bits per heavy atom. The molecular weight excluding hydrogens is 290 g/mol. The molecule has 0 aliphatic heterocycles. The van der Waals surface area contributed by atoms with Gasteiger partial charge in [0, 0.05) is 12.2 Å². The number of amides is 2. The molecule has 2 saturated carbocycles. The van der Waals surface area contributed by atoms with E-state index < -0.39 is 11.8 Å². The van der Waals surface area contributed by atoms with E-state index in [4.69, 9.17) is 0 Å². The van der Waals surface area contributed by atoms with Crippen LogP contribution in [0.2, 0.25) is 0 Å². The number of hydrogen-bond donors (Lipinski definition) is 2. The highest BCUT2D eigenvalue weighted by Crippen LogP contribution is 2.65. The van der Waals surface area contributed by atoms with Crippen molar-refractivity contribution in [3.05, 3.63) is 24.0 Å². The molecule has 3 atom stereocenters. The van der Waals surface area contributed by atoms with Crippen molar-refractivity contribution in [2.24, 2.45) is 16.7 Å². The molecule has 2 amide bonds. The van der Waals surface area contributed by atoms with Gasteiger partial charge in [-0.05, 0) is 54.6 Å². The first-order valence-electron chi connectivity index (χ1n) is 8.28. The second kappa shape index (κ2) is 5.32. The smallest absolute Gasteiger partial charge is 0.313 e. The number of carbonyl (C=O) groups is 2. The summed E-state index contributed by atoms with van der Waals surface area (Å²) < 4.78 is 0. The predicted octanol–water partition coefficient (Wildman–Crippen LogP) is 2.66. The zero-order valence-electron chi connectivity index (χ0n) is 14.3. The zero-order chi connectivity index (χ0) is 16.8. The zero-order valence-corrected chi connectivity index (χ0v) is 14.3. The van der Waals surface area contributed by atoms with Gasteiger partial charge in [-0.3, -0.25) is 14.6 Å². The lowest BCUT2D eigenvalue weighted by Crippen LogP contribution is -2.49. The molecule has 0 saturated heterocycles. The maximum atomic E-state index is 12.3. The van der Waals surface area contributed by atoms with Gasteiger partial charge in [-0.15, -0.1) is 0 Å². The number of nitrogens with one attached hydrogen (secondary N) is 2. The van der Waals surface area contributed by atoms with Crippen molar-refractivity contribution in [1.82, 2.24) is 10.3 Å². The Kier molecular flexibility index (Phi) is 3.69. The number of anilines is 1. The molecular formula is C18H25N3O2. The molecule has 1 aromatic rings. The van der Waals surface area contributed by atoms with E-state index in [1.807, 2.05) is 6.92 Å². The fraction of sp³-hybridized carbons (Fsp3) is 0.611. The third kappa shape index (κ3) is 2.42. The van der Waals surface area contributed by atoms with Crippen molar-refractivity contribution < 1.29 is 9.59 Å². The SMILES string of the molecule is Cc1ccncc1NC(=O)C(=O)N[C@H]1C[C@H]2CC[C@@]1(C)C2(C)C. The van der Waals surface area contributed by atoms with E-state index in [-0.39, 0.29) is 16.9 Å². The summed E-state index contributed by atoms with van der Waals surface area (Å²) in [7, 11) is 0. The summed E-state index contributed by atoms with van der Waals surface area (Å²) >= 11 is 0. The van der Waals surface area contributed by atoms with Crippen LogP contribution >= 0.6 is 0 Å². The maximum Gasteiger partial charge on any atom is 0.313 e. The molecule has 2 bridgehead atoms. The van der Waals surface area contributed by atoms with E-state index in [1.54, 1.807) is 18.5 Å². The lowest BCUT2D eigenvalue weighted by Gasteiger charge is -2.39. The van der Waals surface area contributed by atoms with Crippen molar-refractivity contribution in [1.29, 1.82) is 0 Å². The first kappa shape index (κ1) is 16.0. The molecule has 2 fully saturated rings. The highest BCUT2D eigenvalue weighted by Gasteiger charge is 2.61. The van der Waals surface area contributed by atoms with Gasteiger partial charge in [-0.1, -0.05) is 20.8 Å². The van der Waals surface area contributed by atoms with Crippen molar-refractivity contribution in [2.75, 3.05) is 5.32 Å². The average molecular weight is 315 g/mol. The minimum atomic E-state index is -0.620. The summed E-state index contributed by atoms with van der Waals surface area (Å²) in [5.41, 5.74) is 1.74. The molecule has 1 heterocycles. The van der Waals surface area contributed by atoms with E-state index >= 15 is 0 Å². The van der Waals surface area contributed by atoms with Crippen LogP contribution in [-0.4, -0.2) is 22.8 Å². The number of hydrogen-bond acceptors (Lipinski definition) is 3. The number of pyridine rings is 1. The molecule has 23 heavy (non-hydrogen) atoms. The fourth-order valence-electron chi connectivity index (χ4n) is 4.42. The third-order valence-electron chi connectivity index (χ3n) is 6.59. The molecule has 0 unspecified atom stereocenters. The number of aryl methyl sites for hydroxylation is 1. The number of carbonyl (C=O) groups excluding carboxylic acids is 2. The maximum absolute atomic E-state index is 12.3. The lowest BCUT2D eigenvalue weighted by atomic mass is 9.69. The monoisotopic (exact) mass is 315 g/mol. The Morgan fingerprint density at radius 3 is 2.57 bits per heavy atom. The van der Waals surface area contributed by atoms with Crippen molar-refractivity contribution in [2.45, 2.75) is 53.0 Å². The first-order valence-corrected chi connectivity index (χ1v) is 8.28. The van der Waals surface area contributed by atoms with Gasteiger partial charge in [0.25, 0.3) is 0 Å². The third-order valence-corrected chi connectivity index (χ3v) is 6.59. The molecule has 124 valence electrons. The van der Waals surface area contributed by atoms with Crippen molar-refractivity contribution in [3.63, 3.8) is 0 Å². The van der Waals surface area contributed by atoms with Crippen LogP contribution in [0, 0.1) is 23.7 Å². The van der Waals surface area contributed by atoms with Crippen molar-refractivity contribution >= 4 is 17.5 Å². The van der Waals surface area contributed by atoms with E-state index in [1.165, 1.54) is 6.42 Å². The predicted molar refractivity (Wildman–Crippen MR) is 88.8 cm³/mol. The Balaban J connectivity index is 1.66. The van der Waals surface area contributed by atoms with E-state index in [9.17, 15) is 9.59 Å². The molecule has 0 spiro atoms. The summed E-state index contributed by atoms with van der Waals surface area (Å²) in [6.07, 6.45) is 6.51. The topological polar surface area (TPSA) is 71.1 Å². The second-order valence-corrected chi connectivity index (χ2v) is 7.78. The minimum Gasteiger partial charge on any atom is -0.345 e. The number of nitrogens with zero attached hydrogens (tertiary/aromatic N) is 1. The normalized spacial score (nSPS) is 31.0. The van der Waals surface area contributed by atoms with Gasteiger partial charge >= 0.3 is 11.8 Å². The molecule has 2 N–H and O–H groups in total.